The maximum absolute atomic E-state index is 12.8. The first kappa shape index (κ1) is 19.6. The quantitative estimate of drug-likeness (QED) is 0.584. The fraction of sp³-hybridized carbons (Fsp3) is 0.444. The van der Waals surface area contributed by atoms with E-state index in [0.717, 1.165) is 28.4 Å². The van der Waals surface area contributed by atoms with E-state index in [1.807, 2.05) is 48.5 Å². The number of hydrogen-bond donors (Lipinski definition) is 1. The van der Waals surface area contributed by atoms with Crippen molar-refractivity contribution < 1.29 is 8.42 Å². The molecule has 1 aromatic carbocycles. The van der Waals surface area contributed by atoms with Crippen molar-refractivity contribution in [2.24, 2.45) is 4.99 Å². The summed E-state index contributed by atoms with van der Waals surface area (Å²) in [6.07, 6.45) is 0.764. The van der Waals surface area contributed by atoms with Crippen LogP contribution in [0.4, 0.5) is 5.69 Å². The summed E-state index contributed by atoms with van der Waals surface area (Å²) >= 11 is 1.61. The number of benzene rings is 1. The summed E-state index contributed by atoms with van der Waals surface area (Å²) in [4.78, 5) is 10.6. The number of guanidine groups is 1. The average molecular weight is 408 g/mol. The number of aryl methyl sites for hydroxylation is 1. The van der Waals surface area contributed by atoms with Gasteiger partial charge in [-0.2, -0.15) is 0 Å². The number of nitrogens with one attached hydrogen (secondary N) is 1. The summed E-state index contributed by atoms with van der Waals surface area (Å²) in [5, 5.41) is 6.19. The molecule has 1 aliphatic heterocycles. The number of fused-ring (bicyclic) bond motifs is 1. The van der Waals surface area contributed by atoms with Crippen molar-refractivity contribution in [1.29, 1.82) is 0 Å². The van der Waals surface area contributed by atoms with Gasteiger partial charge in [0.05, 0.1) is 28.7 Å². The number of sulfonamides is 1. The SMILES string of the molecule is CN=C(NCCS(=O)(=O)N1CCc2ccccc21)N(C)Cc1csc(C)n1. The van der Waals surface area contributed by atoms with Crippen LogP contribution in [0.5, 0.6) is 0 Å². The van der Waals surface area contributed by atoms with E-state index in [4.69, 9.17) is 0 Å². The molecule has 0 amide bonds. The molecule has 0 atom stereocenters. The minimum Gasteiger partial charge on any atom is -0.355 e. The van der Waals surface area contributed by atoms with Gasteiger partial charge < -0.3 is 10.2 Å². The molecule has 27 heavy (non-hydrogen) atoms. The maximum atomic E-state index is 12.8. The molecule has 0 radical (unpaired) electrons. The van der Waals surface area contributed by atoms with E-state index in [1.54, 1.807) is 18.4 Å². The van der Waals surface area contributed by atoms with Gasteiger partial charge >= 0.3 is 0 Å². The third kappa shape index (κ3) is 4.59. The summed E-state index contributed by atoms with van der Waals surface area (Å²) in [5.41, 5.74) is 2.87. The van der Waals surface area contributed by atoms with Gasteiger partial charge in [0.2, 0.25) is 10.0 Å². The van der Waals surface area contributed by atoms with Crippen LogP contribution in [-0.4, -0.2) is 57.2 Å². The van der Waals surface area contributed by atoms with E-state index in [9.17, 15) is 8.42 Å². The molecule has 0 saturated carbocycles. The van der Waals surface area contributed by atoms with E-state index in [2.05, 4.69) is 15.3 Å². The Bertz CT molecular complexity index is 923. The summed E-state index contributed by atoms with van der Waals surface area (Å²) in [6, 6.07) is 7.68. The number of para-hydroxylation sites is 1. The molecule has 1 aliphatic rings. The highest BCUT2D eigenvalue weighted by Crippen LogP contribution is 2.29. The van der Waals surface area contributed by atoms with Gasteiger partial charge in [-0.1, -0.05) is 18.2 Å². The second kappa shape index (κ2) is 8.26. The molecule has 2 heterocycles. The van der Waals surface area contributed by atoms with Crippen molar-refractivity contribution in [2.75, 3.05) is 37.2 Å². The molecule has 9 heteroatoms. The van der Waals surface area contributed by atoms with Crippen molar-refractivity contribution in [3.8, 4) is 0 Å². The number of hydrogen-bond acceptors (Lipinski definition) is 5. The lowest BCUT2D eigenvalue weighted by Crippen LogP contribution is -2.42. The van der Waals surface area contributed by atoms with Crippen LogP contribution in [0.2, 0.25) is 0 Å². The van der Waals surface area contributed by atoms with E-state index in [-0.39, 0.29) is 5.75 Å². The smallest absolute Gasteiger partial charge is 0.236 e. The molecule has 7 nitrogen and oxygen atoms in total. The summed E-state index contributed by atoms with van der Waals surface area (Å²) in [6.45, 7) is 3.41. The Morgan fingerprint density at radius 2 is 2.19 bits per heavy atom. The van der Waals surface area contributed by atoms with E-state index in [1.165, 1.54) is 4.31 Å². The number of anilines is 1. The molecular formula is C18H25N5O2S2. The van der Waals surface area contributed by atoms with E-state index in [0.29, 0.717) is 25.6 Å². The van der Waals surface area contributed by atoms with Gasteiger partial charge in [-0.3, -0.25) is 9.30 Å². The predicted molar refractivity (Wildman–Crippen MR) is 111 cm³/mol. The molecule has 2 aromatic rings. The summed E-state index contributed by atoms with van der Waals surface area (Å²) in [7, 11) is 0.231. The van der Waals surface area contributed by atoms with Gasteiger partial charge in [-0.15, -0.1) is 11.3 Å². The van der Waals surface area contributed by atoms with Crippen molar-refractivity contribution in [3.05, 3.63) is 45.9 Å². The van der Waals surface area contributed by atoms with Gasteiger partial charge in [-0.05, 0) is 25.0 Å². The van der Waals surface area contributed by atoms with Crippen molar-refractivity contribution in [2.45, 2.75) is 19.9 Å². The highest BCUT2D eigenvalue weighted by molar-refractivity contribution is 7.92. The highest BCUT2D eigenvalue weighted by Gasteiger charge is 2.28. The van der Waals surface area contributed by atoms with Gasteiger partial charge in [0.15, 0.2) is 5.96 Å². The predicted octanol–water partition coefficient (Wildman–Crippen LogP) is 1.85. The normalized spacial score (nSPS) is 14.3. The Balaban J connectivity index is 1.56. The Labute approximate surface area is 164 Å². The van der Waals surface area contributed by atoms with Crippen LogP contribution < -0.4 is 9.62 Å². The molecule has 3 rings (SSSR count). The second-order valence-electron chi connectivity index (χ2n) is 6.45. The molecule has 0 aliphatic carbocycles. The monoisotopic (exact) mass is 407 g/mol. The lowest BCUT2D eigenvalue weighted by molar-refractivity contribution is 0.472. The molecule has 146 valence electrons. The first-order valence-corrected chi connectivity index (χ1v) is 11.3. The first-order chi connectivity index (χ1) is 12.9. The zero-order valence-corrected chi connectivity index (χ0v) is 17.5. The van der Waals surface area contributed by atoms with Crippen LogP contribution in [0, 0.1) is 6.92 Å². The third-order valence-electron chi connectivity index (χ3n) is 4.46. The van der Waals surface area contributed by atoms with Crippen LogP contribution in [0.1, 0.15) is 16.3 Å². The first-order valence-electron chi connectivity index (χ1n) is 8.82. The molecule has 0 bridgehead atoms. The largest absolute Gasteiger partial charge is 0.355 e. The molecule has 0 fully saturated rings. The molecule has 1 N–H and O–H groups in total. The van der Waals surface area contributed by atoms with E-state index < -0.39 is 10.0 Å². The standard InChI is InChI=1S/C18H25N5O2S2/c1-14-21-16(13-26-14)12-22(3)18(19-2)20-9-11-27(24,25)23-10-8-15-6-4-5-7-17(15)23/h4-7,13H,8-12H2,1-3H3,(H,19,20). The Morgan fingerprint density at radius 1 is 1.41 bits per heavy atom. The zero-order chi connectivity index (χ0) is 19.4. The maximum Gasteiger partial charge on any atom is 0.236 e. The van der Waals surface area contributed by atoms with Crippen LogP contribution in [0.25, 0.3) is 0 Å². The van der Waals surface area contributed by atoms with Gasteiger partial charge in [0.1, 0.15) is 0 Å². The highest BCUT2D eigenvalue weighted by atomic mass is 32.2. The number of rotatable bonds is 6. The Morgan fingerprint density at radius 3 is 2.89 bits per heavy atom. The molecule has 1 aromatic heterocycles. The van der Waals surface area contributed by atoms with Crippen molar-refractivity contribution >= 4 is 33.0 Å². The minimum absolute atomic E-state index is 0.0179. The van der Waals surface area contributed by atoms with Crippen LogP contribution in [0.3, 0.4) is 0 Å². The Kier molecular flexibility index (Phi) is 6.01. The summed E-state index contributed by atoms with van der Waals surface area (Å²) in [5.74, 6) is 0.668. The molecule has 0 unspecified atom stereocenters. The number of aromatic nitrogens is 1. The van der Waals surface area contributed by atoms with Gasteiger partial charge in [0, 0.05) is 32.6 Å². The molecule has 0 saturated heterocycles. The second-order valence-corrected chi connectivity index (χ2v) is 9.53. The number of thiazole rings is 1. The number of nitrogens with zero attached hydrogens (tertiary/aromatic N) is 4. The third-order valence-corrected chi connectivity index (χ3v) is 7.06. The van der Waals surface area contributed by atoms with E-state index >= 15 is 0 Å². The average Bonchev–Trinajstić information content (AvgIpc) is 3.25. The minimum atomic E-state index is -3.37. The fourth-order valence-corrected chi connectivity index (χ4v) is 5.21. The van der Waals surface area contributed by atoms with Crippen molar-refractivity contribution in [3.63, 3.8) is 0 Å². The topological polar surface area (TPSA) is 77.9 Å². The van der Waals surface area contributed by atoms with Crippen molar-refractivity contribution in [1.82, 2.24) is 15.2 Å². The zero-order valence-electron chi connectivity index (χ0n) is 15.8. The van der Waals surface area contributed by atoms with Gasteiger partial charge in [-0.25, -0.2) is 13.4 Å². The van der Waals surface area contributed by atoms with Crippen LogP contribution in [0.15, 0.2) is 34.6 Å². The van der Waals surface area contributed by atoms with Gasteiger partial charge in [0.25, 0.3) is 0 Å². The molecular weight excluding hydrogens is 382 g/mol. The number of aliphatic imine (C=N–C) groups is 1. The lowest BCUT2D eigenvalue weighted by atomic mass is 10.2. The lowest BCUT2D eigenvalue weighted by Gasteiger charge is -2.23. The summed E-state index contributed by atoms with van der Waals surface area (Å²) < 4.78 is 27.0. The molecule has 0 spiro atoms. The van der Waals surface area contributed by atoms with Crippen LogP contribution in [-0.2, 0) is 23.0 Å². The Hall–Kier alpha value is -2.13. The fourth-order valence-electron chi connectivity index (χ4n) is 3.18. The van der Waals surface area contributed by atoms with Crippen LogP contribution >= 0.6 is 11.3 Å².